The summed E-state index contributed by atoms with van der Waals surface area (Å²) in [6, 6.07) is 0. The van der Waals surface area contributed by atoms with Gasteiger partial charge in [0.15, 0.2) is 0 Å². The van der Waals surface area contributed by atoms with Gasteiger partial charge in [-0.3, -0.25) is 14.8 Å². The second-order valence-corrected chi connectivity index (χ2v) is 6.04. The van der Waals surface area contributed by atoms with E-state index in [9.17, 15) is 9.90 Å². The molecular formula is C16H20N6O2. The predicted octanol–water partition coefficient (Wildman–Crippen LogP) is 0.336. The van der Waals surface area contributed by atoms with E-state index < -0.39 is 5.60 Å². The first-order valence-electron chi connectivity index (χ1n) is 7.86. The lowest BCUT2D eigenvalue weighted by Crippen LogP contribution is -2.54. The summed E-state index contributed by atoms with van der Waals surface area (Å²) in [5.41, 5.74) is -0.0216. The van der Waals surface area contributed by atoms with Gasteiger partial charge in [0.25, 0.3) is 5.91 Å². The number of β-amino-alcohol motifs (C(OH)–C–C–N with tert-alkyl or cyclic N) is 1. The van der Waals surface area contributed by atoms with Crippen LogP contribution in [0.2, 0.25) is 0 Å². The number of amides is 1. The van der Waals surface area contributed by atoms with Crippen molar-refractivity contribution in [3.8, 4) is 0 Å². The van der Waals surface area contributed by atoms with Crippen molar-refractivity contribution < 1.29 is 9.90 Å². The van der Waals surface area contributed by atoms with Crippen molar-refractivity contribution in [2.45, 2.75) is 25.4 Å². The van der Waals surface area contributed by atoms with E-state index in [0.29, 0.717) is 13.0 Å². The first-order valence-corrected chi connectivity index (χ1v) is 7.86. The molecular weight excluding hydrogens is 308 g/mol. The Morgan fingerprint density at radius 2 is 2.17 bits per heavy atom. The Morgan fingerprint density at radius 3 is 2.88 bits per heavy atom. The second kappa shape index (κ2) is 6.88. The summed E-state index contributed by atoms with van der Waals surface area (Å²) < 4.78 is 0. The molecule has 0 spiro atoms. The van der Waals surface area contributed by atoms with E-state index in [1.165, 1.54) is 6.20 Å². The zero-order valence-corrected chi connectivity index (χ0v) is 13.5. The number of hydrogen-bond donors (Lipinski definition) is 2. The van der Waals surface area contributed by atoms with Gasteiger partial charge in [0, 0.05) is 38.2 Å². The summed E-state index contributed by atoms with van der Waals surface area (Å²) in [4.78, 5) is 30.5. The molecule has 126 valence electrons. The lowest BCUT2D eigenvalue weighted by atomic mass is 9.92. The van der Waals surface area contributed by atoms with Gasteiger partial charge in [-0.15, -0.1) is 0 Å². The number of piperidine rings is 1. The Labute approximate surface area is 140 Å². The molecule has 0 unspecified atom stereocenters. The van der Waals surface area contributed by atoms with Crippen molar-refractivity contribution in [1.82, 2.24) is 25.3 Å². The van der Waals surface area contributed by atoms with Crippen LogP contribution in [0.5, 0.6) is 0 Å². The van der Waals surface area contributed by atoms with E-state index in [1.54, 1.807) is 31.7 Å². The van der Waals surface area contributed by atoms with Gasteiger partial charge in [0.2, 0.25) is 0 Å². The quantitative estimate of drug-likeness (QED) is 0.834. The van der Waals surface area contributed by atoms with Crippen molar-refractivity contribution in [3.05, 3.63) is 42.4 Å². The lowest BCUT2D eigenvalue weighted by molar-refractivity contribution is 0.0253. The number of aromatic nitrogens is 4. The van der Waals surface area contributed by atoms with Gasteiger partial charge in [-0.1, -0.05) is 0 Å². The normalized spacial score (nSPS) is 20.7. The Hall–Kier alpha value is -2.61. The Balaban J connectivity index is 1.61. The summed E-state index contributed by atoms with van der Waals surface area (Å²) in [6.07, 6.45) is 9.31. The minimum atomic E-state index is -1.01. The fourth-order valence-electron chi connectivity index (χ4n) is 2.75. The highest BCUT2D eigenvalue weighted by Crippen LogP contribution is 2.23. The third-order valence-corrected chi connectivity index (χ3v) is 4.02. The number of nitrogens with zero attached hydrogens (tertiary/aromatic N) is 5. The zero-order valence-electron chi connectivity index (χ0n) is 13.5. The van der Waals surface area contributed by atoms with Gasteiger partial charge < -0.3 is 15.3 Å². The molecule has 8 nitrogen and oxygen atoms in total. The Kier molecular flexibility index (Phi) is 4.66. The zero-order chi connectivity index (χ0) is 17.0. The fourth-order valence-corrected chi connectivity index (χ4v) is 2.75. The van der Waals surface area contributed by atoms with Gasteiger partial charge in [-0.25, -0.2) is 9.97 Å². The average molecular weight is 328 g/mol. The molecule has 1 amide bonds. The van der Waals surface area contributed by atoms with Gasteiger partial charge in [-0.05, 0) is 19.8 Å². The van der Waals surface area contributed by atoms with Crippen LogP contribution in [0.25, 0.3) is 0 Å². The van der Waals surface area contributed by atoms with Crippen molar-refractivity contribution in [2.24, 2.45) is 0 Å². The van der Waals surface area contributed by atoms with Gasteiger partial charge in [0.05, 0.1) is 23.7 Å². The minimum Gasteiger partial charge on any atom is -0.386 e. The first kappa shape index (κ1) is 16.3. The van der Waals surface area contributed by atoms with E-state index in [2.05, 4.69) is 25.3 Å². The van der Waals surface area contributed by atoms with Crippen molar-refractivity contribution in [3.63, 3.8) is 0 Å². The maximum absolute atomic E-state index is 12.1. The predicted molar refractivity (Wildman–Crippen MR) is 87.5 cm³/mol. The second-order valence-electron chi connectivity index (χ2n) is 6.04. The van der Waals surface area contributed by atoms with Crippen LogP contribution in [0.4, 0.5) is 5.82 Å². The van der Waals surface area contributed by atoms with Gasteiger partial charge in [0.1, 0.15) is 11.5 Å². The maximum atomic E-state index is 12.1. The molecule has 0 radical (unpaired) electrons. The van der Waals surface area contributed by atoms with E-state index >= 15 is 0 Å². The third-order valence-electron chi connectivity index (χ3n) is 4.02. The number of aryl methyl sites for hydroxylation is 1. The average Bonchev–Trinajstić information content (AvgIpc) is 2.61. The molecule has 2 aromatic heterocycles. The van der Waals surface area contributed by atoms with Crippen molar-refractivity contribution >= 4 is 11.7 Å². The Bertz CT molecular complexity index is 693. The molecule has 0 aliphatic carbocycles. The summed E-state index contributed by atoms with van der Waals surface area (Å²) in [7, 11) is 0. The molecule has 1 atom stereocenters. The molecule has 0 bridgehead atoms. The summed E-state index contributed by atoms with van der Waals surface area (Å²) in [6.45, 7) is 3.16. The summed E-state index contributed by atoms with van der Waals surface area (Å²) in [5.74, 6) is 0.388. The highest BCUT2D eigenvalue weighted by molar-refractivity contribution is 5.91. The van der Waals surface area contributed by atoms with Crippen LogP contribution in [0.3, 0.4) is 0 Å². The monoisotopic (exact) mass is 328 g/mol. The van der Waals surface area contributed by atoms with Crippen molar-refractivity contribution in [1.29, 1.82) is 0 Å². The highest BCUT2D eigenvalue weighted by atomic mass is 16.3. The van der Waals surface area contributed by atoms with Crippen molar-refractivity contribution in [2.75, 3.05) is 24.5 Å². The smallest absolute Gasteiger partial charge is 0.271 e. The largest absolute Gasteiger partial charge is 0.386 e. The van der Waals surface area contributed by atoms with E-state index in [-0.39, 0.29) is 18.1 Å². The molecule has 1 aliphatic rings. The van der Waals surface area contributed by atoms with Crippen LogP contribution in [-0.2, 0) is 0 Å². The van der Waals surface area contributed by atoms with E-state index in [0.717, 1.165) is 24.5 Å². The number of hydrogen-bond acceptors (Lipinski definition) is 7. The number of anilines is 1. The van der Waals surface area contributed by atoms with E-state index in [4.69, 9.17) is 0 Å². The number of aliphatic hydroxyl groups is 1. The first-order chi connectivity index (χ1) is 11.6. The van der Waals surface area contributed by atoms with Crippen LogP contribution >= 0.6 is 0 Å². The van der Waals surface area contributed by atoms with E-state index in [1.807, 2.05) is 4.90 Å². The molecule has 2 N–H and O–H groups in total. The minimum absolute atomic E-state index is 0.151. The van der Waals surface area contributed by atoms with Crippen LogP contribution in [-0.4, -0.2) is 56.2 Å². The standard InChI is InChI=1S/C16H20N6O2/c1-12-7-20-13(8-19-12)15(23)21-10-16(24)3-2-6-22(11-16)14-9-17-4-5-18-14/h4-5,7-9,24H,2-3,6,10-11H2,1H3,(H,21,23)/t16-/m1/s1. The number of rotatable bonds is 4. The SMILES string of the molecule is Cc1cnc(C(=O)NC[C@]2(O)CCCN(c3cnccn3)C2)cn1. The lowest BCUT2D eigenvalue weighted by Gasteiger charge is -2.39. The van der Waals surface area contributed by atoms with Gasteiger partial charge in [-0.2, -0.15) is 0 Å². The topological polar surface area (TPSA) is 104 Å². The molecule has 0 aromatic carbocycles. The number of nitrogens with one attached hydrogen (secondary N) is 1. The number of carbonyl (C=O) groups is 1. The van der Waals surface area contributed by atoms with Gasteiger partial charge >= 0.3 is 0 Å². The summed E-state index contributed by atoms with van der Waals surface area (Å²) >= 11 is 0. The van der Waals surface area contributed by atoms with Crippen LogP contribution in [0.15, 0.2) is 31.0 Å². The molecule has 1 fully saturated rings. The van der Waals surface area contributed by atoms with Crippen LogP contribution in [0, 0.1) is 6.92 Å². The highest BCUT2D eigenvalue weighted by Gasteiger charge is 2.34. The molecule has 1 saturated heterocycles. The Morgan fingerprint density at radius 1 is 1.29 bits per heavy atom. The molecule has 3 rings (SSSR count). The molecule has 2 aromatic rings. The third kappa shape index (κ3) is 3.83. The molecule has 1 aliphatic heterocycles. The molecule has 8 heteroatoms. The molecule has 24 heavy (non-hydrogen) atoms. The van der Waals surface area contributed by atoms with Crippen LogP contribution < -0.4 is 10.2 Å². The fraction of sp³-hybridized carbons (Fsp3) is 0.438. The van der Waals surface area contributed by atoms with Crippen LogP contribution in [0.1, 0.15) is 29.0 Å². The molecule has 3 heterocycles. The maximum Gasteiger partial charge on any atom is 0.271 e. The summed E-state index contributed by atoms with van der Waals surface area (Å²) in [5, 5.41) is 13.5. The number of carbonyl (C=O) groups excluding carboxylic acids is 1. The molecule has 0 saturated carbocycles.